The molecule has 0 spiro atoms. The van der Waals surface area contributed by atoms with Crippen LogP contribution >= 0.6 is 34.5 Å². The predicted octanol–water partition coefficient (Wildman–Crippen LogP) is 5.89. The van der Waals surface area contributed by atoms with Crippen LogP contribution in [0, 0.1) is 0 Å². The molecule has 1 aliphatic rings. The van der Waals surface area contributed by atoms with E-state index in [1.165, 1.54) is 23.5 Å². The fraction of sp³-hybridized carbons (Fsp3) is 0. The zero-order valence-electron chi connectivity index (χ0n) is 13.6. The first kappa shape index (κ1) is 17.8. The number of ether oxygens (including phenoxy) is 2. The number of benzene rings is 2. The van der Waals surface area contributed by atoms with Crippen LogP contribution in [0.15, 0.2) is 59.7 Å². The van der Waals surface area contributed by atoms with Crippen LogP contribution < -0.4 is 9.47 Å². The monoisotopic (exact) mass is 416 g/mol. The molecule has 1 aromatic heterocycles. The highest BCUT2D eigenvalue weighted by molar-refractivity contribution is 7.12. The molecule has 0 saturated heterocycles. The van der Waals surface area contributed by atoms with Crippen LogP contribution in [0.4, 0.5) is 0 Å². The second-order valence-electron chi connectivity index (χ2n) is 5.60. The maximum Gasteiger partial charge on any atom is 0.353 e. The summed E-state index contributed by atoms with van der Waals surface area (Å²) in [4.78, 5) is 25.1. The lowest BCUT2D eigenvalue weighted by molar-refractivity contribution is 0.0739. The van der Waals surface area contributed by atoms with Gasteiger partial charge in [0.1, 0.15) is 16.4 Å². The maximum atomic E-state index is 12.6. The Morgan fingerprint density at radius 3 is 2.56 bits per heavy atom. The van der Waals surface area contributed by atoms with Gasteiger partial charge < -0.3 is 9.47 Å². The summed E-state index contributed by atoms with van der Waals surface area (Å²) in [6.07, 6.45) is 1.50. The number of hydrogen-bond acceptors (Lipinski definition) is 5. The van der Waals surface area contributed by atoms with Gasteiger partial charge in [0.15, 0.2) is 5.76 Å². The summed E-state index contributed by atoms with van der Waals surface area (Å²) in [5.74, 6) is -0.0605. The minimum atomic E-state index is -0.465. The Morgan fingerprint density at radius 2 is 1.85 bits per heavy atom. The summed E-state index contributed by atoms with van der Waals surface area (Å²) in [6, 6.07) is 13.1. The van der Waals surface area contributed by atoms with Crippen molar-refractivity contribution in [3.05, 3.63) is 85.7 Å². The van der Waals surface area contributed by atoms with Gasteiger partial charge in [-0.25, -0.2) is 4.79 Å². The van der Waals surface area contributed by atoms with Crippen LogP contribution in [0.1, 0.15) is 25.6 Å². The second kappa shape index (κ2) is 7.19. The summed E-state index contributed by atoms with van der Waals surface area (Å²) < 4.78 is 11.0. The lowest BCUT2D eigenvalue weighted by Crippen LogP contribution is -2.06. The minimum Gasteiger partial charge on any atom is -0.452 e. The summed E-state index contributed by atoms with van der Waals surface area (Å²) in [5.41, 5.74) is 0.877. The number of Topliss-reactive ketones (excluding diaryl/α,β-unsaturated/α-hetero) is 1. The molecule has 0 amide bonds. The molecule has 0 radical (unpaired) electrons. The topological polar surface area (TPSA) is 52.6 Å². The Bertz CT molecular complexity index is 1070. The van der Waals surface area contributed by atoms with Gasteiger partial charge in [0.25, 0.3) is 0 Å². The van der Waals surface area contributed by atoms with Crippen LogP contribution in [0.3, 0.4) is 0 Å². The number of carbonyl (C=O) groups excluding carboxylic acids is 2. The van der Waals surface area contributed by atoms with Gasteiger partial charge in [0, 0.05) is 21.7 Å². The van der Waals surface area contributed by atoms with Gasteiger partial charge in [0.05, 0.1) is 5.56 Å². The van der Waals surface area contributed by atoms with Gasteiger partial charge in [0.2, 0.25) is 5.78 Å². The van der Waals surface area contributed by atoms with Crippen molar-refractivity contribution in [1.82, 2.24) is 0 Å². The van der Waals surface area contributed by atoms with Crippen molar-refractivity contribution in [3.63, 3.8) is 0 Å². The smallest absolute Gasteiger partial charge is 0.353 e. The number of fused-ring (bicyclic) bond motifs is 1. The summed E-state index contributed by atoms with van der Waals surface area (Å²) in [6.45, 7) is 0. The van der Waals surface area contributed by atoms with E-state index in [2.05, 4.69) is 0 Å². The number of esters is 1. The first-order chi connectivity index (χ1) is 13.0. The molecule has 0 aliphatic carbocycles. The molecular formula is C20H10Cl2O4S. The Balaban J connectivity index is 1.61. The third kappa shape index (κ3) is 3.49. The molecule has 1 aliphatic heterocycles. The molecule has 2 heterocycles. The molecule has 3 aromatic rings. The van der Waals surface area contributed by atoms with Crippen molar-refractivity contribution < 1.29 is 19.1 Å². The molecule has 0 N–H and O–H groups in total. The fourth-order valence-electron chi connectivity index (χ4n) is 2.56. The molecule has 134 valence electrons. The Kier molecular flexibility index (Phi) is 4.74. The zero-order chi connectivity index (χ0) is 19.0. The molecular weight excluding hydrogens is 407 g/mol. The molecule has 7 heteroatoms. The summed E-state index contributed by atoms with van der Waals surface area (Å²) >= 11 is 13.6. The highest BCUT2D eigenvalue weighted by Crippen LogP contribution is 2.36. The zero-order valence-corrected chi connectivity index (χ0v) is 15.9. The van der Waals surface area contributed by atoms with Crippen molar-refractivity contribution in [2.24, 2.45) is 0 Å². The Hall–Kier alpha value is -2.60. The molecule has 27 heavy (non-hydrogen) atoms. The number of ketones is 1. The number of allylic oxidation sites excluding steroid dienone is 1. The molecule has 0 unspecified atom stereocenters. The quantitative estimate of drug-likeness (QED) is 0.303. The standard InChI is InChI=1S/C20H10Cl2O4S/c21-14-3-1-4-15(22)13(14)10-17-19(23)12-7-6-11(9-16(12)26-17)25-20(24)18-5-2-8-27-18/h1-10H. The van der Waals surface area contributed by atoms with Crippen LogP contribution in [0.5, 0.6) is 11.5 Å². The van der Waals surface area contributed by atoms with Gasteiger partial charge in [-0.1, -0.05) is 35.3 Å². The molecule has 0 saturated carbocycles. The van der Waals surface area contributed by atoms with Gasteiger partial charge in [-0.15, -0.1) is 11.3 Å². The fourth-order valence-corrected chi connectivity index (χ4v) is 3.67. The molecule has 4 nitrogen and oxygen atoms in total. The van der Waals surface area contributed by atoms with E-state index in [1.807, 2.05) is 0 Å². The number of rotatable bonds is 3. The SMILES string of the molecule is O=C(Oc1ccc2c(c1)OC(=Cc1c(Cl)cccc1Cl)C2=O)c1cccs1. The van der Waals surface area contributed by atoms with Gasteiger partial charge >= 0.3 is 5.97 Å². The van der Waals surface area contributed by atoms with Crippen LogP contribution in [-0.2, 0) is 0 Å². The van der Waals surface area contributed by atoms with E-state index < -0.39 is 5.97 Å². The highest BCUT2D eigenvalue weighted by Gasteiger charge is 2.28. The molecule has 0 bridgehead atoms. The van der Waals surface area contributed by atoms with Crippen LogP contribution in [-0.4, -0.2) is 11.8 Å². The largest absolute Gasteiger partial charge is 0.452 e. The van der Waals surface area contributed by atoms with E-state index in [1.54, 1.807) is 47.8 Å². The van der Waals surface area contributed by atoms with E-state index in [9.17, 15) is 9.59 Å². The van der Waals surface area contributed by atoms with Gasteiger partial charge in [-0.05, 0) is 41.8 Å². The van der Waals surface area contributed by atoms with E-state index in [0.29, 0.717) is 31.8 Å². The van der Waals surface area contributed by atoms with Crippen molar-refractivity contribution >= 4 is 52.4 Å². The molecule has 2 aromatic carbocycles. The van der Waals surface area contributed by atoms with E-state index in [0.717, 1.165) is 0 Å². The van der Waals surface area contributed by atoms with E-state index in [-0.39, 0.29) is 17.3 Å². The van der Waals surface area contributed by atoms with Crippen LogP contribution in [0.25, 0.3) is 6.08 Å². The average Bonchev–Trinajstić information content (AvgIpc) is 3.27. The molecule has 0 atom stereocenters. The third-order valence-corrected chi connectivity index (χ3v) is 5.36. The third-order valence-electron chi connectivity index (χ3n) is 3.85. The van der Waals surface area contributed by atoms with Gasteiger partial charge in [-0.3, -0.25) is 4.79 Å². The normalized spacial score (nSPS) is 14.1. The number of thiophene rings is 1. The van der Waals surface area contributed by atoms with E-state index in [4.69, 9.17) is 32.7 Å². The first-order valence-electron chi connectivity index (χ1n) is 7.81. The summed E-state index contributed by atoms with van der Waals surface area (Å²) in [7, 11) is 0. The first-order valence-corrected chi connectivity index (χ1v) is 9.44. The van der Waals surface area contributed by atoms with Gasteiger partial charge in [-0.2, -0.15) is 0 Å². The van der Waals surface area contributed by atoms with Crippen molar-refractivity contribution in [1.29, 1.82) is 0 Å². The Labute approximate surface area is 168 Å². The molecule has 4 rings (SSSR count). The van der Waals surface area contributed by atoms with Crippen molar-refractivity contribution in [3.8, 4) is 11.5 Å². The number of carbonyl (C=O) groups is 2. The average molecular weight is 417 g/mol. The van der Waals surface area contributed by atoms with E-state index >= 15 is 0 Å². The number of halogens is 2. The minimum absolute atomic E-state index is 0.0988. The second-order valence-corrected chi connectivity index (χ2v) is 7.36. The molecule has 0 fully saturated rings. The lowest BCUT2D eigenvalue weighted by Gasteiger charge is -2.04. The number of hydrogen-bond donors (Lipinski definition) is 0. The van der Waals surface area contributed by atoms with Crippen LogP contribution in [0.2, 0.25) is 10.0 Å². The van der Waals surface area contributed by atoms with Crippen molar-refractivity contribution in [2.75, 3.05) is 0 Å². The maximum absolute atomic E-state index is 12.6. The lowest BCUT2D eigenvalue weighted by atomic mass is 10.1. The predicted molar refractivity (Wildman–Crippen MR) is 105 cm³/mol. The van der Waals surface area contributed by atoms with Crippen molar-refractivity contribution in [2.45, 2.75) is 0 Å². The summed E-state index contributed by atoms with van der Waals surface area (Å²) in [5, 5.41) is 2.61. The highest BCUT2D eigenvalue weighted by atomic mass is 35.5. The Morgan fingerprint density at radius 1 is 1.07 bits per heavy atom.